The summed E-state index contributed by atoms with van der Waals surface area (Å²) in [4.78, 5) is 17.9. The highest BCUT2D eigenvalue weighted by Gasteiger charge is 2.29. The Morgan fingerprint density at radius 3 is 2.04 bits per heavy atom. The van der Waals surface area contributed by atoms with Gasteiger partial charge in [-0.25, -0.2) is 9.78 Å². The Morgan fingerprint density at radius 1 is 1.00 bits per heavy atom. The Morgan fingerprint density at radius 2 is 1.56 bits per heavy atom. The van der Waals surface area contributed by atoms with Gasteiger partial charge in [0.05, 0.1) is 5.56 Å². The topological polar surface area (TPSA) is 57.3 Å². The van der Waals surface area contributed by atoms with Crippen LogP contribution in [0.15, 0.2) is 42.6 Å². The summed E-state index contributed by atoms with van der Waals surface area (Å²) in [6.45, 7) is 0.446. The molecule has 0 saturated heterocycles. The number of hydrogen-bond acceptors (Lipinski definition) is 3. The summed E-state index contributed by atoms with van der Waals surface area (Å²) in [5.74, 6) is 0.815. The molecule has 0 saturated carbocycles. The first-order valence-corrected chi connectivity index (χ1v) is 7.56. The van der Waals surface area contributed by atoms with E-state index >= 15 is 0 Å². The maximum atomic E-state index is 12.5. The molecule has 0 aliphatic heterocycles. The summed E-state index contributed by atoms with van der Waals surface area (Å²) in [5.41, 5.74) is 0.713. The quantitative estimate of drug-likeness (QED) is 0.869. The molecule has 2 rings (SSSR count). The fourth-order valence-corrected chi connectivity index (χ4v) is 2.02. The Balaban J connectivity index is 1.78. The number of benzene rings is 1. The number of alkyl halides is 3. The van der Waals surface area contributed by atoms with Gasteiger partial charge >= 0.3 is 12.2 Å². The van der Waals surface area contributed by atoms with Gasteiger partial charge < -0.3 is 15.5 Å². The molecule has 0 unspecified atom stereocenters. The average molecular weight is 352 g/mol. The van der Waals surface area contributed by atoms with Crippen molar-refractivity contribution in [2.75, 3.05) is 19.0 Å². The molecule has 1 aromatic heterocycles. The van der Waals surface area contributed by atoms with Crippen molar-refractivity contribution in [3.8, 4) is 0 Å². The fourth-order valence-electron chi connectivity index (χ4n) is 2.02. The highest BCUT2D eigenvalue weighted by atomic mass is 19.4. The van der Waals surface area contributed by atoms with Crippen LogP contribution < -0.4 is 15.5 Å². The van der Waals surface area contributed by atoms with Crippen LogP contribution in [0.5, 0.6) is 0 Å². The van der Waals surface area contributed by atoms with Gasteiger partial charge in [0.2, 0.25) is 0 Å². The van der Waals surface area contributed by atoms with E-state index in [9.17, 15) is 18.0 Å². The standard InChI is InChI=1S/C17H19F3N4O/c1-24(2)15-8-5-13(10-21-15)11-23-16(25)22-9-12-3-6-14(7-4-12)17(18,19)20/h3-8,10H,9,11H2,1-2H3,(H2,22,23,25). The lowest BCUT2D eigenvalue weighted by atomic mass is 10.1. The molecule has 1 heterocycles. The average Bonchev–Trinajstić information content (AvgIpc) is 2.58. The van der Waals surface area contributed by atoms with Gasteiger partial charge in [0.15, 0.2) is 0 Å². The molecule has 2 N–H and O–H groups in total. The van der Waals surface area contributed by atoms with E-state index in [1.807, 2.05) is 31.1 Å². The molecule has 2 aromatic rings. The summed E-state index contributed by atoms with van der Waals surface area (Å²) in [5, 5.41) is 5.27. The number of amides is 2. The van der Waals surface area contributed by atoms with Gasteiger partial charge in [-0.1, -0.05) is 18.2 Å². The van der Waals surface area contributed by atoms with Gasteiger partial charge in [0.25, 0.3) is 0 Å². The highest BCUT2D eigenvalue weighted by Crippen LogP contribution is 2.29. The van der Waals surface area contributed by atoms with E-state index in [2.05, 4.69) is 15.6 Å². The normalized spacial score (nSPS) is 11.1. The van der Waals surface area contributed by atoms with Crippen LogP contribution in [0, 0.1) is 0 Å². The minimum atomic E-state index is -4.36. The van der Waals surface area contributed by atoms with Crippen LogP contribution in [0.4, 0.5) is 23.8 Å². The molecular weight excluding hydrogens is 333 g/mol. The van der Waals surface area contributed by atoms with Crippen LogP contribution in [0.1, 0.15) is 16.7 Å². The number of hydrogen-bond donors (Lipinski definition) is 2. The van der Waals surface area contributed by atoms with Crippen LogP contribution in [0.2, 0.25) is 0 Å². The molecule has 134 valence electrons. The van der Waals surface area contributed by atoms with Crippen molar-refractivity contribution in [1.29, 1.82) is 0 Å². The second kappa shape index (κ2) is 7.87. The number of carbonyl (C=O) groups excluding carboxylic acids is 1. The number of urea groups is 1. The Labute approximate surface area is 143 Å². The smallest absolute Gasteiger partial charge is 0.363 e. The summed E-state index contributed by atoms with van der Waals surface area (Å²) in [7, 11) is 3.77. The highest BCUT2D eigenvalue weighted by molar-refractivity contribution is 5.73. The van der Waals surface area contributed by atoms with Gasteiger partial charge in [-0.05, 0) is 29.3 Å². The Bertz CT molecular complexity index is 697. The molecule has 0 bridgehead atoms. The summed E-state index contributed by atoms with van der Waals surface area (Å²) in [6, 6.07) is 7.96. The van der Waals surface area contributed by atoms with Gasteiger partial charge in [-0.15, -0.1) is 0 Å². The second-order valence-corrected chi connectivity index (χ2v) is 5.65. The van der Waals surface area contributed by atoms with E-state index in [4.69, 9.17) is 0 Å². The predicted molar refractivity (Wildman–Crippen MR) is 89.1 cm³/mol. The molecule has 0 aliphatic rings. The van der Waals surface area contributed by atoms with Crippen molar-refractivity contribution >= 4 is 11.8 Å². The first-order chi connectivity index (χ1) is 11.8. The third-order valence-electron chi connectivity index (χ3n) is 3.45. The number of pyridine rings is 1. The van der Waals surface area contributed by atoms with Crippen LogP contribution in [-0.2, 0) is 19.3 Å². The lowest BCUT2D eigenvalue weighted by Gasteiger charge is -2.12. The van der Waals surface area contributed by atoms with Crippen LogP contribution >= 0.6 is 0 Å². The Kier molecular flexibility index (Phi) is 5.84. The number of anilines is 1. The maximum Gasteiger partial charge on any atom is 0.416 e. The molecule has 0 spiro atoms. The summed E-state index contributed by atoms with van der Waals surface area (Å²) < 4.78 is 37.4. The molecule has 0 aliphatic carbocycles. The van der Waals surface area contributed by atoms with Crippen molar-refractivity contribution in [2.24, 2.45) is 0 Å². The van der Waals surface area contributed by atoms with E-state index in [0.717, 1.165) is 23.5 Å². The van der Waals surface area contributed by atoms with Crippen molar-refractivity contribution in [2.45, 2.75) is 19.3 Å². The van der Waals surface area contributed by atoms with E-state index in [0.29, 0.717) is 12.1 Å². The summed E-state index contributed by atoms with van der Waals surface area (Å²) in [6.07, 6.45) is -2.69. The minimum absolute atomic E-state index is 0.141. The fraction of sp³-hybridized carbons (Fsp3) is 0.294. The zero-order valence-electron chi connectivity index (χ0n) is 13.9. The molecule has 8 heteroatoms. The zero-order valence-corrected chi connectivity index (χ0v) is 13.9. The molecule has 25 heavy (non-hydrogen) atoms. The number of nitrogens with one attached hydrogen (secondary N) is 2. The van der Waals surface area contributed by atoms with Crippen molar-refractivity contribution in [3.63, 3.8) is 0 Å². The van der Waals surface area contributed by atoms with Crippen molar-refractivity contribution in [3.05, 3.63) is 59.3 Å². The number of rotatable bonds is 5. The van der Waals surface area contributed by atoms with Crippen LogP contribution in [0.3, 0.4) is 0 Å². The van der Waals surface area contributed by atoms with E-state index in [1.165, 1.54) is 12.1 Å². The molecule has 0 radical (unpaired) electrons. The monoisotopic (exact) mass is 352 g/mol. The van der Waals surface area contributed by atoms with E-state index in [1.54, 1.807) is 6.20 Å². The van der Waals surface area contributed by atoms with Crippen molar-refractivity contribution < 1.29 is 18.0 Å². The first kappa shape index (κ1) is 18.6. The third-order valence-corrected chi connectivity index (χ3v) is 3.45. The lowest BCUT2D eigenvalue weighted by molar-refractivity contribution is -0.137. The van der Waals surface area contributed by atoms with Crippen LogP contribution in [-0.4, -0.2) is 25.1 Å². The molecule has 0 atom stereocenters. The van der Waals surface area contributed by atoms with Gasteiger partial charge in [-0.2, -0.15) is 13.2 Å². The zero-order chi connectivity index (χ0) is 18.4. The van der Waals surface area contributed by atoms with Crippen molar-refractivity contribution in [1.82, 2.24) is 15.6 Å². The first-order valence-electron chi connectivity index (χ1n) is 7.56. The van der Waals surface area contributed by atoms with Gasteiger partial charge in [-0.3, -0.25) is 0 Å². The van der Waals surface area contributed by atoms with E-state index < -0.39 is 17.8 Å². The molecule has 1 aromatic carbocycles. The summed E-state index contributed by atoms with van der Waals surface area (Å²) >= 11 is 0. The second-order valence-electron chi connectivity index (χ2n) is 5.65. The number of aromatic nitrogens is 1. The number of nitrogens with zero attached hydrogens (tertiary/aromatic N) is 2. The largest absolute Gasteiger partial charge is 0.416 e. The molecule has 5 nitrogen and oxygen atoms in total. The molecular formula is C17H19F3N4O. The van der Waals surface area contributed by atoms with Gasteiger partial charge in [0, 0.05) is 33.4 Å². The minimum Gasteiger partial charge on any atom is -0.363 e. The van der Waals surface area contributed by atoms with E-state index in [-0.39, 0.29) is 6.54 Å². The predicted octanol–water partition coefficient (Wildman–Crippen LogP) is 3.17. The SMILES string of the molecule is CN(C)c1ccc(CNC(=O)NCc2ccc(C(F)(F)F)cc2)cn1. The Hall–Kier alpha value is -2.77. The number of carbonyl (C=O) groups is 1. The number of halogens is 3. The maximum absolute atomic E-state index is 12.5. The lowest BCUT2D eigenvalue weighted by Crippen LogP contribution is -2.34. The molecule has 2 amide bonds. The third kappa shape index (κ3) is 5.66. The molecule has 0 fully saturated rings. The van der Waals surface area contributed by atoms with Crippen LogP contribution in [0.25, 0.3) is 0 Å². The van der Waals surface area contributed by atoms with Gasteiger partial charge in [0.1, 0.15) is 5.82 Å².